The molecular formula is C31H30ClN3O10S4. The first-order chi connectivity index (χ1) is 22.5. The van der Waals surface area contributed by atoms with Crippen LogP contribution in [0.1, 0.15) is 31.8 Å². The number of amides is 1. The van der Waals surface area contributed by atoms with Crippen molar-refractivity contribution in [3.8, 4) is 0 Å². The number of aliphatic imine (C=N–C) groups is 1. The fraction of sp³-hybridized carbons (Fsp3) is 0.129. The van der Waals surface area contributed by atoms with Gasteiger partial charge in [-0.1, -0.05) is 36.4 Å². The van der Waals surface area contributed by atoms with E-state index in [1.165, 1.54) is 62.4 Å². The van der Waals surface area contributed by atoms with Gasteiger partial charge in [-0.15, -0.1) is 0 Å². The number of carbonyl (C=O) groups is 2. The highest BCUT2D eigenvalue weighted by molar-refractivity contribution is 7.94. The number of hydrogen-bond donors (Lipinski definition) is 2. The van der Waals surface area contributed by atoms with Gasteiger partial charge in [0.05, 0.1) is 29.4 Å². The summed E-state index contributed by atoms with van der Waals surface area (Å²) >= 11 is 5.43. The number of sulfone groups is 4. The quantitative estimate of drug-likeness (QED) is 0.149. The topological polar surface area (TPSA) is 235 Å². The van der Waals surface area contributed by atoms with Gasteiger partial charge in [-0.05, 0) is 85.1 Å². The summed E-state index contributed by atoms with van der Waals surface area (Å²) in [6.07, 6.45) is 1.74. The molecule has 18 heteroatoms. The first-order valence-electron chi connectivity index (χ1n) is 13.6. The normalized spacial score (nSPS) is 11.9. The Hall–Kier alpha value is -4.42. The minimum atomic E-state index is -4.12. The Labute approximate surface area is 289 Å². The van der Waals surface area contributed by atoms with Crippen LogP contribution in [0.4, 0.5) is 0 Å². The number of nitrogens with zero attached hydrogens (tertiary/aromatic N) is 1. The van der Waals surface area contributed by atoms with Crippen LogP contribution in [-0.4, -0.2) is 63.3 Å². The van der Waals surface area contributed by atoms with Crippen LogP contribution in [0.25, 0.3) is 0 Å². The molecule has 4 aromatic carbocycles. The maximum absolute atomic E-state index is 12.9. The molecule has 260 valence electrons. The Morgan fingerprint density at radius 2 is 0.918 bits per heavy atom. The van der Waals surface area contributed by atoms with Gasteiger partial charge in [-0.25, -0.2) is 33.7 Å². The molecule has 0 atom stereocenters. The van der Waals surface area contributed by atoms with Crippen molar-refractivity contribution in [1.82, 2.24) is 0 Å². The van der Waals surface area contributed by atoms with Gasteiger partial charge in [0, 0.05) is 23.6 Å². The van der Waals surface area contributed by atoms with Crippen molar-refractivity contribution in [2.75, 3.05) is 12.5 Å². The van der Waals surface area contributed by atoms with Crippen LogP contribution in [0.5, 0.6) is 0 Å². The van der Waals surface area contributed by atoms with Crippen LogP contribution in [-0.2, 0) is 39.3 Å². The Kier molecular flexibility index (Phi) is 11.6. The Bertz CT molecular complexity index is 2430. The van der Waals surface area contributed by atoms with Crippen LogP contribution in [0.3, 0.4) is 0 Å². The SMILES string of the molecule is Cc1cc(S(=O)(=O)c2ccccc2)c(S(C)(=O)=O)cc1C(=O)Cl.Cc1cc(S(=O)(=O)c2ccccc2)c(S(C)(=O)=O)cc1C(=O)N=C(N)N. The van der Waals surface area contributed by atoms with Gasteiger partial charge in [0.1, 0.15) is 0 Å². The van der Waals surface area contributed by atoms with E-state index < -0.39 is 71.1 Å². The third kappa shape index (κ3) is 8.98. The van der Waals surface area contributed by atoms with Gasteiger partial charge in [-0.3, -0.25) is 9.59 Å². The molecule has 0 aliphatic rings. The molecule has 0 unspecified atom stereocenters. The molecule has 0 saturated carbocycles. The van der Waals surface area contributed by atoms with E-state index in [4.69, 9.17) is 23.1 Å². The molecule has 49 heavy (non-hydrogen) atoms. The fourth-order valence-electron chi connectivity index (χ4n) is 4.40. The standard InChI is InChI=1S/C16H17N3O5S2.C15H13ClO5S2/c1-10-8-14(26(23,24)11-6-4-3-5-7-11)13(25(2,21)22)9-12(10)15(20)19-16(17)18;1-10-8-14(23(20,21)11-6-4-3-5-7-11)13(22(2,18)19)9-12(10)15(16)17/h3-9H,1-2H3,(H4,17,18,19,20);3-9H,1-2H3. The average Bonchev–Trinajstić information content (AvgIpc) is 3.00. The van der Waals surface area contributed by atoms with E-state index in [9.17, 15) is 43.3 Å². The molecule has 4 aromatic rings. The molecule has 4 rings (SSSR count). The smallest absolute Gasteiger partial charge is 0.280 e. The lowest BCUT2D eigenvalue weighted by molar-refractivity contribution is 0.100. The van der Waals surface area contributed by atoms with Gasteiger partial charge in [0.25, 0.3) is 11.1 Å². The number of rotatable bonds is 8. The summed E-state index contributed by atoms with van der Waals surface area (Å²) in [7, 11) is -16.0. The largest absolute Gasteiger partial charge is 0.370 e. The zero-order chi connectivity index (χ0) is 37.1. The number of nitrogens with two attached hydrogens (primary N) is 2. The predicted molar refractivity (Wildman–Crippen MR) is 183 cm³/mol. The summed E-state index contributed by atoms with van der Waals surface area (Å²) in [5.41, 5.74) is 10.7. The highest BCUT2D eigenvalue weighted by atomic mass is 35.5. The Balaban J connectivity index is 0.000000267. The van der Waals surface area contributed by atoms with Crippen molar-refractivity contribution in [3.63, 3.8) is 0 Å². The monoisotopic (exact) mass is 767 g/mol. The van der Waals surface area contributed by atoms with Gasteiger partial charge in [-0.2, -0.15) is 4.99 Å². The number of aryl methyl sites for hydroxylation is 2. The molecule has 0 aliphatic carbocycles. The van der Waals surface area contributed by atoms with Crippen molar-refractivity contribution in [2.45, 2.75) is 43.2 Å². The molecule has 0 fully saturated rings. The van der Waals surface area contributed by atoms with Crippen molar-refractivity contribution in [2.24, 2.45) is 16.5 Å². The van der Waals surface area contributed by atoms with Crippen molar-refractivity contribution in [1.29, 1.82) is 0 Å². The van der Waals surface area contributed by atoms with Gasteiger partial charge < -0.3 is 11.5 Å². The second-order valence-corrected chi connectivity index (χ2v) is 18.7. The maximum atomic E-state index is 12.9. The molecule has 0 saturated heterocycles. The summed E-state index contributed by atoms with van der Waals surface area (Å²) in [4.78, 5) is 25.0. The third-order valence-corrected chi connectivity index (χ3v) is 13.1. The zero-order valence-electron chi connectivity index (χ0n) is 26.3. The number of carbonyl (C=O) groups excluding carboxylic acids is 2. The van der Waals surface area contributed by atoms with E-state index in [-0.39, 0.29) is 36.9 Å². The first-order valence-corrected chi connectivity index (χ1v) is 20.8. The predicted octanol–water partition coefficient (Wildman–Crippen LogP) is 3.26. The number of benzene rings is 4. The fourth-order valence-corrected chi connectivity index (χ4v) is 10.5. The third-order valence-electron chi connectivity index (χ3n) is 6.74. The summed E-state index contributed by atoms with van der Waals surface area (Å²) < 4.78 is 99.7. The van der Waals surface area contributed by atoms with E-state index in [1.807, 2.05) is 0 Å². The summed E-state index contributed by atoms with van der Waals surface area (Å²) in [5.74, 6) is -1.35. The van der Waals surface area contributed by atoms with Crippen LogP contribution in [0, 0.1) is 13.8 Å². The van der Waals surface area contributed by atoms with E-state index in [0.29, 0.717) is 0 Å². The molecule has 0 heterocycles. The first kappa shape index (κ1) is 39.0. The molecule has 0 radical (unpaired) electrons. The lowest BCUT2D eigenvalue weighted by atomic mass is 10.1. The number of halogens is 1. The van der Waals surface area contributed by atoms with Crippen molar-refractivity contribution in [3.05, 3.63) is 107 Å². The van der Waals surface area contributed by atoms with E-state index in [2.05, 4.69) is 4.99 Å². The molecule has 13 nitrogen and oxygen atoms in total. The molecule has 1 amide bonds. The van der Waals surface area contributed by atoms with E-state index in [1.54, 1.807) is 12.1 Å². The minimum Gasteiger partial charge on any atom is -0.370 e. The molecule has 0 aromatic heterocycles. The second-order valence-electron chi connectivity index (χ2n) is 10.5. The lowest BCUT2D eigenvalue weighted by Gasteiger charge is -2.13. The van der Waals surface area contributed by atoms with Gasteiger partial charge >= 0.3 is 0 Å². The zero-order valence-corrected chi connectivity index (χ0v) is 30.3. The molecule has 0 spiro atoms. The number of hydrogen-bond acceptors (Lipinski definition) is 10. The summed E-state index contributed by atoms with van der Waals surface area (Å²) in [6, 6.07) is 19.2. The van der Waals surface area contributed by atoms with Crippen LogP contribution >= 0.6 is 11.6 Å². The Morgan fingerprint density at radius 3 is 1.24 bits per heavy atom. The van der Waals surface area contributed by atoms with Crippen LogP contribution in [0.2, 0.25) is 0 Å². The lowest BCUT2D eigenvalue weighted by Crippen LogP contribution is -2.24. The van der Waals surface area contributed by atoms with Crippen molar-refractivity contribution >= 4 is 68.1 Å². The molecule has 4 N–H and O–H groups in total. The summed E-state index contributed by atoms with van der Waals surface area (Å²) in [6.45, 7) is 2.96. The second kappa shape index (κ2) is 14.6. The highest BCUT2D eigenvalue weighted by Crippen LogP contribution is 2.32. The van der Waals surface area contributed by atoms with Crippen LogP contribution < -0.4 is 11.5 Å². The molecule has 0 aliphatic heterocycles. The molecule has 0 bridgehead atoms. The molecular weight excluding hydrogens is 738 g/mol. The summed E-state index contributed by atoms with van der Waals surface area (Å²) in [5, 5.41) is -0.851. The minimum absolute atomic E-state index is 0.0331. The number of guanidine groups is 1. The van der Waals surface area contributed by atoms with Crippen molar-refractivity contribution < 1.29 is 43.3 Å². The van der Waals surface area contributed by atoms with E-state index in [0.717, 1.165) is 36.8 Å². The van der Waals surface area contributed by atoms with Gasteiger partial charge in [0.15, 0.2) is 25.6 Å². The Morgan fingerprint density at radius 1 is 0.571 bits per heavy atom. The highest BCUT2D eigenvalue weighted by Gasteiger charge is 2.29. The van der Waals surface area contributed by atoms with E-state index >= 15 is 0 Å². The maximum Gasteiger partial charge on any atom is 0.280 e. The average molecular weight is 768 g/mol. The van der Waals surface area contributed by atoms with Crippen LogP contribution in [0.15, 0.2) is 119 Å². The van der Waals surface area contributed by atoms with Gasteiger partial charge in [0.2, 0.25) is 19.7 Å².